The van der Waals surface area contributed by atoms with Crippen molar-refractivity contribution in [3.05, 3.63) is 71.6 Å². The minimum absolute atomic E-state index is 0.150. The van der Waals surface area contributed by atoms with Gasteiger partial charge in [0, 0.05) is 19.3 Å². The molecule has 10 heteroatoms. The summed E-state index contributed by atoms with van der Waals surface area (Å²) in [7, 11) is 0. The van der Waals surface area contributed by atoms with Crippen LogP contribution in [0.5, 0.6) is 0 Å². The van der Waals surface area contributed by atoms with Gasteiger partial charge in [-0.3, -0.25) is 0 Å². The predicted molar refractivity (Wildman–Crippen MR) is 105 cm³/mol. The summed E-state index contributed by atoms with van der Waals surface area (Å²) in [5.74, 6) is -0.0137. The topological polar surface area (TPSA) is 76.1 Å². The van der Waals surface area contributed by atoms with Gasteiger partial charge in [0.1, 0.15) is 12.0 Å². The van der Waals surface area contributed by atoms with Crippen molar-refractivity contribution in [1.82, 2.24) is 19.7 Å². The van der Waals surface area contributed by atoms with Gasteiger partial charge in [-0.15, -0.1) is 10.2 Å². The molecule has 7 nitrogen and oxygen atoms in total. The summed E-state index contributed by atoms with van der Waals surface area (Å²) in [6, 6.07) is 11.7. The molecular formula is C20H18F3N7. The van der Waals surface area contributed by atoms with Crippen LogP contribution in [0.1, 0.15) is 28.9 Å². The summed E-state index contributed by atoms with van der Waals surface area (Å²) >= 11 is 0. The molecule has 0 saturated heterocycles. The van der Waals surface area contributed by atoms with Crippen molar-refractivity contribution in [3.63, 3.8) is 0 Å². The maximum Gasteiger partial charge on any atom is 0.451 e. The number of anilines is 2. The molecular weight excluding hydrogens is 395 g/mol. The van der Waals surface area contributed by atoms with Gasteiger partial charge in [-0.2, -0.15) is 13.2 Å². The standard InChI is InChI=1S/C20H18F3N7/c21-20(22,23)19-27-26-17-12-28(9-10-30(17)19)16-6-5-14(11-25-16)29-8-7-13-3-1-2-4-15(13)18(29)24/h1-8,11,18H,9-10,12,24H2. The molecule has 0 aliphatic carbocycles. The molecule has 0 radical (unpaired) electrons. The van der Waals surface area contributed by atoms with E-state index in [9.17, 15) is 13.2 Å². The third-order valence-corrected chi connectivity index (χ3v) is 5.39. The molecule has 0 fully saturated rings. The van der Waals surface area contributed by atoms with Gasteiger partial charge in [0.15, 0.2) is 5.82 Å². The lowest BCUT2D eigenvalue weighted by Crippen LogP contribution is -2.36. The van der Waals surface area contributed by atoms with E-state index in [4.69, 9.17) is 5.73 Å². The lowest BCUT2D eigenvalue weighted by molar-refractivity contribution is -0.147. The molecule has 0 amide bonds. The van der Waals surface area contributed by atoms with Crippen LogP contribution in [0.3, 0.4) is 0 Å². The first kappa shape index (κ1) is 18.6. The lowest BCUT2D eigenvalue weighted by Gasteiger charge is -2.33. The van der Waals surface area contributed by atoms with Crippen molar-refractivity contribution in [1.29, 1.82) is 0 Å². The average Bonchev–Trinajstić information content (AvgIpc) is 3.18. The monoisotopic (exact) mass is 413 g/mol. The maximum atomic E-state index is 13.0. The Morgan fingerprint density at radius 3 is 2.63 bits per heavy atom. The van der Waals surface area contributed by atoms with Gasteiger partial charge in [-0.1, -0.05) is 24.3 Å². The van der Waals surface area contributed by atoms with Gasteiger partial charge >= 0.3 is 6.18 Å². The highest BCUT2D eigenvalue weighted by Gasteiger charge is 2.39. The number of aromatic nitrogens is 4. The molecule has 2 aliphatic rings. The van der Waals surface area contributed by atoms with Crippen LogP contribution in [0.4, 0.5) is 24.7 Å². The van der Waals surface area contributed by atoms with E-state index >= 15 is 0 Å². The Hall–Kier alpha value is -3.40. The Bertz CT molecular complexity index is 1100. The maximum absolute atomic E-state index is 13.0. The number of hydrogen-bond donors (Lipinski definition) is 1. The van der Waals surface area contributed by atoms with E-state index < -0.39 is 12.0 Å². The van der Waals surface area contributed by atoms with Crippen molar-refractivity contribution in [3.8, 4) is 0 Å². The van der Waals surface area contributed by atoms with E-state index in [0.717, 1.165) is 21.4 Å². The second-order valence-electron chi connectivity index (χ2n) is 7.18. The largest absolute Gasteiger partial charge is 0.451 e. The number of pyridine rings is 1. The third kappa shape index (κ3) is 3.09. The fourth-order valence-electron chi connectivity index (χ4n) is 3.86. The zero-order chi connectivity index (χ0) is 20.9. The smallest absolute Gasteiger partial charge is 0.347 e. The zero-order valence-corrected chi connectivity index (χ0v) is 15.8. The molecule has 1 aromatic carbocycles. The number of nitrogens with two attached hydrogens (primary N) is 1. The molecule has 5 rings (SSSR count). The van der Waals surface area contributed by atoms with Crippen molar-refractivity contribution in [2.75, 3.05) is 16.3 Å². The number of hydrogen-bond acceptors (Lipinski definition) is 6. The molecule has 2 aromatic heterocycles. The normalized spacial score (nSPS) is 18.3. The van der Waals surface area contributed by atoms with Crippen LogP contribution in [-0.2, 0) is 19.3 Å². The van der Waals surface area contributed by atoms with E-state index in [1.807, 2.05) is 58.5 Å². The Kier molecular flexibility index (Phi) is 4.24. The number of benzene rings is 1. The highest BCUT2D eigenvalue weighted by Crippen LogP contribution is 2.33. The van der Waals surface area contributed by atoms with E-state index in [2.05, 4.69) is 15.2 Å². The fraction of sp³-hybridized carbons (Fsp3) is 0.250. The van der Waals surface area contributed by atoms with E-state index in [0.29, 0.717) is 12.4 Å². The number of halogens is 3. The highest BCUT2D eigenvalue weighted by molar-refractivity contribution is 5.66. The summed E-state index contributed by atoms with van der Waals surface area (Å²) < 4.78 is 40.1. The van der Waals surface area contributed by atoms with E-state index in [1.54, 1.807) is 6.20 Å². The van der Waals surface area contributed by atoms with Crippen molar-refractivity contribution < 1.29 is 13.2 Å². The molecule has 1 atom stereocenters. The molecule has 0 saturated carbocycles. The molecule has 2 N–H and O–H groups in total. The van der Waals surface area contributed by atoms with Gasteiger partial charge in [0.25, 0.3) is 0 Å². The van der Waals surface area contributed by atoms with Crippen LogP contribution in [0.25, 0.3) is 6.08 Å². The van der Waals surface area contributed by atoms with Crippen LogP contribution in [-0.4, -0.2) is 26.3 Å². The summed E-state index contributed by atoms with van der Waals surface area (Å²) in [4.78, 5) is 8.33. The molecule has 3 aromatic rings. The van der Waals surface area contributed by atoms with Crippen LogP contribution in [0.15, 0.2) is 48.8 Å². The molecule has 1 unspecified atom stereocenters. The molecule has 0 bridgehead atoms. The van der Waals surface area contributed by atoms with Crippen molar-refractivity contribution >= 4 is 17.6 Å². The Morgan fingerprint density at radius 2 is 1.87 bits per heavy atom. The third-order valence-electron chi connectivity index (χ3n) is 5.39. The summed E-state index contributed by atoms with van der Waals surface area (Å²) in [6.45, 7) is 0.750. The van der Waals surface area contributed by atoms with Crippen LogP contribution in [0.2, 0.25) is 0 Å². The average molecular weight is 413 g/mol. The highest BCUT2D eigenvalue weighted by atomic mass is 19.4. The second-order valence-corrected chi connectivity index (χ2v) is 7.18. The molecule has 154 valence electrons. The summed E-state index contributed by atoms with van der Waals surface area (Å²) in [5, 5.41) is 7.02. The lowest BCUT2D eigenvalue weighted by atomic mass is 10.0. The minimum Gasteiger partial charge on any atom is -0.347 e. The quantitative estimate of drug-likeness (QED) is 0.696. The SMILES string of the molecule is NC1c2ccccc2C=CN1c1ccc(N2CCn3c(nnc3C(F)(F)F)C2)nc1. The van der Waals surface area contributed by atoms with Gasteiger partial charge in [0.05, 0.1) is 18.4 Å². The molecule has 2 aliphatic heterocycles. The summed E-state index contributed by atoms with van der Waals surface area (Å²) in [5.41, 5.74) is 9.36. The second kappa shape index (κ2) is 6.84. The predicted octanol–water partition coefficient (Wildman–Crippen LogP) is 3.16. The first-order valence-corrected chi connectivity index (χ1v) is 9.43. The minimum atomic E-state index is -4.51. The summed E-state index contributed by atoms with van der Waals surface area (Å²) in [6.07, 6.45) is 0.808. The number of nitrogens with zero attached hydrogens (tertiary/aromatic N) is 6. The van der Waals surface area contributed by atoms with E-state index in [1.165, 1.54) is 0 Å². The first-order chi connectivity index (χ1) is 14.4. The Balaban J connectivity index is 1.35. The van der Waals surface area contributed by atoms with Crippen molar-refractivity contribution in [2.24, 2.45) is 5.73 Å². The van der Waals surface area contributed by atoms with Crippen LogP contribution >= 0.6 is 0 Å². The first-order valence-electron chi connectivity index (χ1n) is 9.43. The van der Waals surface area contributed by atoms with Gasteiger partial charge in [0.2, 0.25) is 5.82 Å². The Morgan fingerprint density at radius 1 is 1.03 bits per heavy atom. The van der Waals surface area contributed by atoms with Gasteiger partial charge in [-0.05, 0) is 29.3 Å². The number of fused-ring (bicyclic) bond motifs is 2. The zero-order valence-electron chi connectivity index (χ0n) is 15.8. The van der Waals surface area contributed by atoms with Gasteiger partial charge < -0.3 is 20.1 Å². The van der Waals surface area contributed by atoms with Crippen molar-refractivity contribution in [2.45, 2.75) is 25.4 Å². The van der Waals surface area contributed by atoms with Gasteiger partial charge in [-0.25, -0.2) is 4.98 Å². The molecule has 0 spiro atoms. The number of rotatable bonds is 2. The Labute approximate surface area is 170 Å². The fourth-order valence-corrected chi connectivity index (χ4v) is 3.86. The molecule has 30 heavy (non-hydrogen) atoms. The van der Waals surface area contributed by atoms with Crippen LogP contribution in [0, 0.1) is 0 Å². The number of alkyl halides is 3. The van der Waals surface area contributed by atoms with E-state index in [-0.39, 0.29) is 25.1 Å². The molecule has 4 heterocycles. The van der Waals surface area contributed by atoms with Crippen LogP contribution < -0.4 is 15.5 Å².